The van der Waals surface area contributed by atoms with E-state index < -0.39 is 47.2 Å². The molecule has 29 heavy (non-hydrogen) atoms. The predicted octanol–water partition coefficient (Wildman–Crippen LogP) is 1.54. The van der Waals surface area contributed by atoms with Crippen molar-refractivity contribution in [2.45, 2.75) is 78.2 Å². The highest BCUT2D eigenvalue weighted by molar-refractivity contribution is 5.93. The SMILES string of the molecule is CCOC(=O)[C@]1(NC(=O)[C@H](C)NC(=O)OC(C)(C)C)C[C@H](OC(C)=O)[C@H]2[C@H](C)[C@H]21. The summed E-state index contributed by atoms with van der Waals surface area (Å²) in [6.07, 6.45) is -1.05. The van der Waals surface area contributed by atoms with Crippen LogP contribution in [0.25, 0.3) is 0 Å². The second kappa shape index (κ2) is 8.20. The summed E-state index contributed by atoms with van der Waals surface area (Å²) in [6, 6.07) is -0.934. The Balaban J connectivity index is 2.15. The smallest absolute Gasteiger partial charge is 0.408 e. The molecule has 2 N–H and O–H groups in total. The summed E-state index contributed by atoms with van der Waals surface area (Å²) in [5, 5.41) is 5.27. The van der Waals surface area contributed by atoms with Gasteiger partial charge >= 0.3 is 18.0 Å². The number of nitrogens with one attached hydrogen (secondary N) is 2. The first-order chi connectivity index (χ1) is 13.3. The Kier molecular flexibility index (Phi) is 6.49. The lowest BCUT2D eigenvalue weighted by molar-refractivity contribution is -0.157. The average Bonchev–Trinajstić information content (AvgIpc) is 3.11. The predicted molar refractivity (Wildman–Crippen MR) is 103 cm³/mol. The van der Waals surface area contributed by atoms with E-state index in [-0.39, 0.29) is 30.8 Å². The van der Waals surface area contributed by atoms with Gasteiger partial charge in [0.15, 0.2) is 0 Å². The number of amides is 2. The van der Waals surface area contributed by atoms with E-state index in [0.717, 1.165) is 0 Å². The van der Waals surface area contributed by atoms with Crippen molar-refractivity contribution in [2.75, 3.05) is 6.61 Å². The van der Waals surface area contributed by atoms with Crippen LogP contribution in [0.4, 0.5) is 4.79 Å². The zero-order valence-electron chi connectivity index (χ0n) is 18.2. The van der Waals surface area contributed by atoms with Crippen LogP contribution in [0, 0.1) is 17.8 Å². The first-order valence-electron chi connectivity index (χ1n) is 9.98. The molecule has 0 unspecified atom stereocenters. The molecule has 2 aliphatic rings. The fraction of sp³-hybridized carbons (Fsp3) is 0.800. The van der Waals surface area contributed by atoms with Crippen LogP contribution < -0.4 is 10.6 Å². The fourth-order valence-corrected chi connectivity index (χ4v) is 4.31. The third-order valence-electron chi connectivity index (χ3n) is 5.40. The highest BCUT2D eigenvalue weighted by Crippen LogP contribution is 2.63. The molecule has 6 atom stereocenters. The first-order valence-corrected chi connectivity index (χ1v) is 9.98. The van der Waals surface area contributed by atoms with Crippen molar-refractivity contribution >= 4 is 23.9 Å². The number of hydrogen-bond donors (Lipinski definition) is 2. The van der Waals surface area contributed by atoms with Crippen LogP contribution in [0.3, 0.4) is 0 Å². The number of ether oxygens (including phenoxy) is 3. The summed E-state index contributed by atoms with van der Waals surface area (Å²) < 4.78 is 15.8. The van der Waals surface area contributed by atoms with Gasteiger partial charge in [-0.05, 0) is 40.5 Å². The molecule has 164 valence electrons. The lowest BCUT2D eigenvalue weighted by Crippen LogP contribution is -2.60. The fourth-order valence-electron chi connectivity index (χ4n) is 4.31. The Morgan fingerprint density at radius 1 is 1.21 bits per heavy atom. The van der Waals surface area contributed by atoms with Crippen LogP contribution >= 0.6 is 0 Å². The molecule has 0 aliphatic heterocycles. The van der Waals surface area contributed by atoms with Crippen molar-refractivity contribution in [1.82, 2.24) is 10.6 Å². The molecule has 2 rings (SSSR count). The lowest BCUT2D eigenvalue weighted by atomic mass is 9.89. The number of alkyl carbamates (subject to hydrolysis) is 1. The van der Waals surface area contributed by atoms with Crippen molar-refractivity contribution < 1.29 is 33.4 Å². The van der Waals surface area contributed by atoms with Crippen molar-refractivity contribution in [2.24, 2.45) is 17.8 Å². The molecular weight excluding hydrogens is 380 g/mol. The third-order valence-corrected chi connectivity index (χ3v) is 5.40. The van der Waals surface area contributed by atoms with Gasteiger partial charge in [-0.3, -0.25) is 9.59 Å². The van der Waals surface area contributed by atoms with Crippen molar-refractivity contribution in [1.29, 1.82) is 0 Å². The molecular formula is C20H32N2O7. The van der Waals surface area contributed by atoms with Crippen molar-refractivity contribution in [3.05, 3.63) is 0 Å². The lowest BCUT2D eigenvalue weighted by Gasteiger charge is -2.33. The highest BCUT2D eigenvalue weighted by atomic mass is 16.6. The van der Waals surface area contributed by atoms with Gasteiger partial charge in [0.25, 0.3) is 0 Å². The van der Waals surface area contributed by atoms with Crippen LogP contribution in [-0.4, -0.2) is 53.8 Å². The second-order valence-electron chi connectivity index (χ2n) is 8.86. The number of carbonyl (C=O) groups is 4. The van der Waals surface area contributed by atoms with E-state index in [1.165, 1.54) is 13.8 Å². The van der Waals surface area contributed by atoms with E-state index in [4.69, 9.17) is 14.2 Å². The molecule has 0 heterocycles. The summed E-state index contributed by atoms with van der Waals surface area (Å²) in [7, 11) is 0. The monoisotopic (exact) mass is 412 g/mol. The minimum Gasteiger partial charge on any atom is -0.464 e. The van der Waals surface area contributed by atoms with Crippen LogP contribution in [0.2, 0.25) is 0 Å². The first kappa shape index (κ1) is 23.0. The molecule has 0 aromatic rings. The van der Waals surface area contributed by atoms with Gasteiger partial charge in [0.2, 0.25) is 5.91 Å². The van der Waals surface area contributed by atoms with Gasteiger partial charge in [0, 0.05) is 25.2 Å². The van der Waals surface area contributed by atoms with E-state index >= 15 is 0 Å². The van der Waals surface area contributed by atoms with Gasteiger partial charge in [-0.2, -0.15) is 0 Å². The largest absolute Gasteiger partial charge is 0.464 e. The standard InChI is InChI=1S/C20H32N2O7/c1-8-27-17(25)20(9-13(28-12(4)23)14-10(2)15(14)20)22-16(24)11(3)21-18(26)29-19(5,6)7/h10-11,13-15H,8-9H2,1-7H3,(H,21,26)(H,22,24)/t10-,11-,13-,14+,15+,20-/m0/s1. The van der Waals surface area contributed by atoms with E-state index in [9.17, 15) is 19.2 Å². The number of hydrogen-bond acceptors (Lipinski definition) is 7. The van der Waals surface area contributed by atoms with Gasteiger partial charge in [0.1, 0.15) is 23.3 Å². The van der Waals surface area contributed by atoms with Gasteiger partial charge in [-0.25, -0.2) is 9.59 Å². The van der Waals surface area contributed by atoms with Gasteiger partial charge < -0.3 is 24.8 Å². The van der Waals surface area contributed by atoms with Crippen molar-refractivity contribution in [3.8, 4) is 0 Å². The van der Waals surface area contributed by atoms with Gasteiger partial charge in [0.05, 0.1) is 6.61 Å². The van der Waals surface area contributed by atoms with Crippen LogP contribution in [0.5, 0.6) is 0 Å². The molecule has 2 amide bonds. The molecule has 2 fully saturated rings. The average molecular weight is 412 g/mol. The molecule has 0 aromatic carbocycles. The van der Waals surface area contributed by atoms with E-state index in [0.29, 0.717) is 0 Å². The summed E-state index contributed by atoms with van der Waals surface area (Å²) in [4.78, 5) is 49.1. The van der Waals surface area contributed by atoms with E-state index in [1.54, 1.807) is 27.7 Å². The van der Waals surface area contributed by atoms with Crippen LogP contribution in [0.15, 0.2) is 0 Å². The molecule has 0 saturated heterocycles. The molecule has 9 nitrogen and oxygen atoms in total. The summed E-state index contributed by atoms with van der Waals surface area (Å²) >= 11 is 0. The molecule has 0 bridgehead atoms. The molecule has 0 aromatic heterocycles. The third kappa shape index (κ3) is 5.00. The Bertz CT molecular complexity index is 687. The zero-order valence-corrected chi connectivity index (χ0v) is 18.2. The Morgan fingerprint density at radius 2 is 1.83 bits per heavy atom. The summed E-state index contributed by atoms with van der Waals surface area (Å²) in [5.41, 5.74) is -1.99. The number of fused-ring (bicyclic) bond motifs is 1. The van der Waals surface area contributed by atoms with Crippen LogP contribution in [-0.2, 0) is 28.6 Å². The number of rotatable bonds is 6. The van der Waals surface area contributed by atoms with Crippen molar-refractivity contribution in [3.63, 3.8) is 0 Å². The quantitative estimate of drug-likeness (QED) is 0.501. The van der Waals surface area contributed by atoms with Gasteiger partial charge in [-0.1, -0.05) is 6.92 Å². The normalized spacial score (nSPS) is 31.1. The maximum absolute atomic E-state index is 12.9. The molecule has 9 heteroatoms. The van der Waals surface area contributed by atoms with Gasteiger partial charge in [-0.15, -0.1) is 0 Å². The second-order valence-corrected chi connectivity index (χ2v) is 8.86. The zero-order chi connectivity index (χ0) is 22.1. The highest BCUT2D eigenvalue weighted by Gasteiger charge is 2.73. The maximum Gasteiger partial charge on any atom is 0.408 e. The summed E-state index contributed by atoms with van der Waals surface area (Å²) in [5.74, 6) is -1.64. The van der Waals surface area contributed by atoms with E-state index in [2.05, 4.69) is 10.6 Å². The minimum absolute atomic E-state index is 0.0160. The Morgan fingerprint density at radius 3 is 2.34 bits per heavy atom. The molecule has 0 radical (unpaired) electrons. The number of carbonyl (C=O) groups excluding carboxylic acids is 4. The Hall–Kier alpha value is -2.32. The summed E-state index contributed by atoms with van der Waals surface area (Å²) in [6.45, 7) is 11.8. The molecule has 2 aliphatic carbocycles. The topological polar surface area (TPSA) is 120 Å². The Labute approximate surface area is 171 Å². The minimum atomic E-state index is -1.29. The van der Waals surface area contributed by atoms with Crippen LogP contribution in [0.1, 0.15) is 54.9 Å². The maximum atomic E-state index is 12.9. The molecule has 2 saturated carbocycles. The molecule has 0 spiro atoms. The van der Waals surface area contributed by atoms with E-state index in [1.807, 2.05) is 6.92 Å². The number of esters is 2.